The summed E-state index contributed by atoms with van der Waals surface area (Å²) in [6.07, 6.45) is 3.35. The molecule has 2 unspecified atom stereocenters. The molecule has 5 heteroatoms. The first kappa shape index (κ1) is 15.2. The van der Waals surface area contributed by atoms with E-state index in [0.29, 0.717) is 24.3 Å². The highest BCUT2D eigenvalue weighted by Gasteiger charge is 2.28. The number of aryl methyl sites for hydroxylation is 1. The molecule has 1 saturated heterocycles. The maximum Gasteiger partial charge on any atom is 0.258 e. The van der Waals surface area contributed by atoms with Gasteiger partial charge in [0.05, 0.1) is 13.2 Å². The van der Waals surface area contributed by atoms with Crippen molar-refractivity contribution in [3.63, 3.8) is 0 Å². The number of likely N-dealkylation sites (tertiary alicyclic amines) is 1. The van der Waals surface area contributed by atoms with Crippen LogP contribution in [0.3, 0.4) is 0 Å². The second-order valence-corrected chi connectivity index (χ2v) is 6.12. The summed E-state index contributed by atoms with van der Waals surface area (Å²) in [5.74, 6) is 1.25. The van der Waals surface area contributed by atoms with Crippen LogP contribution in [0.4, 0.5) is 0 Å². The maximum atomic E-state index is 9.57. The molecular weight excluding hydrogens is 278 g/mol. The molecule has 1 aliphatic heterocycles. The van der Waals surface area contributed by atoms with Gasteiger partial charge >= 0.3 is 0 Å². The van der Waals surface area contributed by atoms with E-state index in [4.69, 9.17) is 4.52 Å². The van der Waals surface area contributed by atoms with Crippen LogP contribution in [0.5, 0.6) is 0 Å². The van der Waals surface area contributed by atoms with E-state index in [1.54, 1.807) is 0 Å². The fourth-order valence-electron chi connectivity index (χ4n) is 3.23. The van der Waals surface area contributed by atoms with Crippen molar-refractivity contribution in [2.24, 2.45) is 0 Å². The normalized spacial score (nSPS) is 22.9. The third-order valence-corrected chi connectivity index (χ3v) is 4.57. The van der Waals surface area contributed by atoms with E-state index in [-0.39, 0.29) is 12.6 Å². The third kappa shape index (κ3) is 3.05. The minimum absolute atomic E-state index is 0.187. The molecule has 0 bridgehead atoms. The maximum absolute atomic E-state index is 9.57. The van der Waals surface area contributed by atoms with Gasteiger partial charge < -0.3 is 9.63 Å². The molecule has 0 radical (unpaired) electrons. The zero-order valence-corrected chi connectivity index (χ0v) is 13.2. The van der Waals surface area contributed by atoms with Crippen molar-refractivity contribution in [2.45, 2.75) is 51.7 Å². The zero-order valence-electron chi connectivity index (χ0n) is 13.2. The van der Waals surface area contributed by atoms with E-state index in [1.165, 1.54) is 6.42 Å². The lowest BCUT2D eigenvalue weighted by Crippen LogP contribution is -2.46. The minimum Gasteiger partial charge on any atom is -0.395 e. The number of benzene rings is 1. The second kappa shape index (κ2) is 6.58. The molecule has 1 aromatic heterocycles. The highest BCUT2D eigenvalue weighted by Crippen LogP contribution is 2.25. The van der Waals surface area contributed by atoms with Crippen LogP contribution >= 0.6 is 0 Å². The van der Waals surface area contributed by atoms with Crippen LogP contribution in [0, 0.1) is 6.92 Å². The monoisotopic (exact) mass is 301 g/mol. The van der Waals surface area contributed by atoms with Gasteiger partial charge in [0, 0.05) is 17.6 Å². The largest absolute Gasteiger partial charge is 0.395 e. The third-order valence-electron chi connectivity index (χ3n) is 4.57. The molecule has 2 heterocycles. The van der Waals surface area contributed by atoms with E-state index in [2.05, 4.69) is 22.0 Å². The van der Waals surface area contributed by atoms with Gasteiger partial charge in [-0.2, -0.15) is 4.98 Å². The average molecular weight is 301 g/mol. The number of nitrogens with zero attached hydrogens (tertiary/aromatic N) is 3. The predicted molar refractivity (Wildman–Crippen MR) is 84.2 cm³/mol. The van der Waals surface area contributed by atoms with E-state index in [9.17, 15) is 5.11 Å². The lowest BCUT2D eigenvalue weighted by atomic mass is 9.97. The summed E-state index contributed by atoms with van der Waals surface area (Å²) in [6.45, 7) is 5.05. The Hall–Kier alpha value is -1.72. The first-order valence-electron chi connectivity index (χ1n) is 7.94. The van der Waals surface area contributed by atoms with Crippen molar-refractivity contribution >= 4 is 0 Å². The zero-order chi connectivity index (χ0) is 15.5. The Kier molecular flexibility index (Phi) is 4.55. The van der Waals surface area contributed by atoms with Crippen LogP contribution in [-0.4, -0.2) is 38.8 Å². The van der Waals surface area contributed by atoms with E-state index in [1.807, 2.05) is 31.2 Å². The molecule has 0 aliphatic carbocycles. The SMILES string of the molecule is Cc1ccccc1-c1nc(CN2C(C)CCCC2CO)no1. The van der Waals surface area contributed by atoms with Crippen LogP contribution < -0.4 is 0 Å². The van der Waals surface area contributed by atoms with Crippen LogP contribution in [0.2, 0.25) is 0 Å². The summed E-state index contributed by atoms with van der Waals surface area (Å²) < 4.78 is 5.43. The predicted octanol–water partition coefficient (Wildman–Crippen LogP) is 2.78. The topological polar surface area (TPSA) is 62.4 Å². The van der Waals surface area contributed by atoms with Crippen molar-refractivity contribution in [1.29, 1.82) is 0 Å². The average Bonchev–Trinajstić information content (AvgIpc) is 2.98. The number of hydrogen-bond acceptors (Lipinski definition) is 5. The Morgan fingerprint density at radius 3 is 2.91 bits per heavy atom. The summed E-state index contributed by atoms with van der Waals surface area (Å²) in [7, 11) is 0. The first-order chi connectivity index (χ1) is 10.7. The number of rotatable bonds is 4. The first-order valence-corrected chi connectivity index (χ1v) is 7.94. The van der Waals surface area contributed by atoms with Gasteiger partial charge in [0.25, 0.3) is 5.89 Å². The Bertz CT molecular complexity index is 626. The molecule has 1 N–H and O–H groups in total. The molecular formula is C17H23N3O2. The summed E-state index contributed by atoms with van der Waals surface area (Å²) in [4.78, 5) is 6.83. The highest BCUT2D eigenvalue weighted by atomic mass is 16.5. The van der Waals surface area contributed by atoms with Crippen LogP contribution in [0.1, 0.15) is 37.6 Å². The van der Waals surface area contributed by atoms with E-state index >= 15 is 0 Å². The number of aliphatic hydroxyl groups is 1. The van der Waals surface area contributed by atoms with Gasteiger partial charge in [0.15, 0.2) is 5.82 Å². The molecule has 22 heavy (non-hydrogen) atoms. The number of aromatic nitrogens is 2. The van der Waals surface area contributed by atoms with Gasteiger partial charge in [-0.15, -0.1) is 0 Å². The fraction of sp³-hybridized carbons (Fsp3) is 0.529. The van der Waals surface area contributed by atoms with Gasteiger partial charge in [-0.1, -0.05) is 29.8 Å². The molecule has 1 aromatic carbocycles. The molecule has 3 rings (SSSR count). The van der Waals surface area contributed by atoms with Gasteiger partial charge in [0.2, 0.25) is 0 Å². The smallest absolute Gasteiger partial charge is 0.258 e. The molecule has 2 atom stereocenters. The number of hydrogen-bond donors (Lipinski definition) is 1. The van der Waals surface area contributed by atoms with Gasteiger partial charge in [-0.05, 0) is 38.3 Å². The molecule has 1 aliphatic rings. The summed E-state index contributed by atoms with van der Waals surface area (Å²) >= 11 is 0. The Balaban J connectivity index is 1.78. The van der Waals surface area contributed by atoms with Crippen molar-refractivity contribution in [3.05, 3.63) is 35.7 Å². The molecule has 0 saturated carbocycles. The standard InChI is InChI=1S/C17H23N3O2/c1-12-6-3-4-9-15(12)17-18-16(19-22-17)10-20-13(2)7-5-8-14(20)11-21/h3-4,6,9,13-14,21H,5,7-8,10-11H2,1-2H3. The van der Waals surface area contributed by atoms with Crippen molar-refractivity contribution in [3.8, 4) is 11.5 Å². The Labute approximate surface area is 131 Å². The van der Waals surface area contributed by atoms with Crippen molar-refractivity contribution in [1.82, 2.24) is 15.0 Å². The van der Waals surface area contributed by atoms with E-state index in [0.717, 1.165) is 24.0 Å². The molecule has 0 amide bonds. The molecule has 118 valence electrons. The second-order valence-electron chi connectivity index (χ2n) is 6.12. The molecule has 5 nitrogen and oxygen atoms in total. The Morgan fingerprint density at radius 1 is 1.32 bits per heavy atom. The minimum atomic E-state index is 0.187. The summed E-state index contributed by atoms with van der Waals surface area (Å²) in [5, 5.41) is 13.7. The van der Waals surface area contributed by atoms with Crippen LogP contribution in [0.15, 0.2) is 28.8 Å². The van der Waals surface area contributed by atoms with Gasteiger partial charge in [-0.25, -0.2) is 0 Å². The van der Waals surface area contributed by atoms with E-state index < -0.39 is 0 Å². The van der Waals surface area contributed by atoms with Crippen molar-refractivity contribution < 1.29 is 9.63 Å². The lowest BCUT2D eigenvalue weighted by Gasteiger charge is -2.39. The molecule has 0 spiro atoms. The summed E-state index contributed by atoms with van der Waals surface area (Å²) in [5.41, 5.74) is 2.10. The van der Waals surface area contributed by atoms with Crippen LogP contribution in [0.25, 0.3) is 11.5 Å². The van der Waals surface area contributed by atoms with Crippen molar-refractivity contribution in [2.75, 3.05) is 6.61 Å². The quantitative estimate of drug-likeness (QED) is 0.941. The highest BCUT2D eigenvalue weighted by molar-refractivity contribution is 5.57. The molecule has 1 fully saturated rings. The van der Waals surface area contributed by atoms with Crippen LogP contribution in [-0.2, 0) is 6.54 Å². The number of piperidine rings is 1. The van der Waals surface area contributed by atoms with Gasteiger partial charge in [0.1, 0.15) is 0 Å². The summed E-state index contributed by atoms with van der Waals surface area (Å²) in [6, 6.07) is 8.63. The lowest BCUT2D eigenvalue weighted by molar-refractivity contribution is 0.0425. The van der Waals surface area contributed by atoms with Gasteiger partial charge in [-0.3, -0.25) is 4.90 Å². The molecule has 2 aromatic rings. The number of aliphatic hydroxyl groups excluding tert-OH is 1. The fourth-order valence-corrected chi connectivity index (χ4v) is 3.23. The Morgan fingerprint density at radius 2 is 2.14 bits per heavy atom.